The minimum atomic E-state index is -0.749. The normalized spacial score (nSPS) is 12.8. The summed E-state index contributed by atoms with van der Waals surface area (Å²) in [6, 6.07) is 28.2. The molecule has 0 radical (unpaired) electrons. The number of primary amides is 1. The third-order valence-electron chi connectivity index (χ3n) is 6.02. The van der Waals surface area contributed by atoms with Gasteiger partial charge in [0.1, 0.15) is 6.04 Å². The van der Waals surface area contributed by atoms with Crippen LogP contribution in [0.25, 0.3) is 0 Å². The molecule has 3 aromatic carbocycles. The maximum absolute atomic E-state index is 14.4. The first kappa shape index (κ1) is 24.2. The number of amides is 2. The van der Waals surface area contributed by atoms with Crippen molar-refractivity contribution in [2.75, 3.05) is 6.54 Å². The van der Waals surface area contributed by atoms with Crippen molar-refractivity contribution < 1.29 is 9.59 Å². The van der Waals surface area contributed by atoms with Crippen LogP contribution in [-0.2, 0) is 9.59 Å². The Morgan fingerprint density at radius 1 is 0.788 bits per heavy atom. The zero-order valence-corrected chi connectivity index (χ0v) is 19.1. The summed E-state index contributed by atoms with van der Waals surface area (Å²) >= 11 is 0. The van der Waals surface area contributed by atoms with Gasteiger partial charge >= 0.3 is 0 Å². The first-order valence-corrected chi connectivity index (χ1v) is 11.5. The van der Waals surface area contributed by atoms with E-state index in [1.165, 1.54) is 0 Å². The SMILES string of the molecule is CC[C@@H](c1ccccc1)N(C(=O)C(c1ccccc1)c1ccccc1)[C@H](CCCN)C(N)=O. The van der Waals surface area contributed by atoms with Gasteiger partial charge in [0, 0.05) is 0 Å². The summed E-state index contributed by atoms with van der Waals surface area (Å²) in [7, 11) is 0. The Labute approximate surface area is 196 Å². The molecular formula is C28H33N3O2. The highest BCUT2D eigenvalue weighted by molar-refractivity contribution is 5.92. The van der Waals surface area contributed by atoms with Crippen LogP contribution in [0.15, 0.2) is 91.0 Å². The molecule has 0 bridgehead atoms. The molecule has 0 aliphatic carbocycles. The fraction of sp³-hybridized carbons (Fsp3) is 0.286. The van der Waals surface area contributed by atoms with E-state index in [9.17, 15) is 9.59 Å². The van der Waals surface area contributed by atoms with Gasteiger partial charge < -0.3 is 16.4 Å². The minimum Gasteiger partial charge on any atom is -0.368 e. The topological polar surface area (TPSA) is 89.4 Å². The summed E-state index contributed by atoms with van der Waals surface area (Å²) in [5, 5.41) is 0. The molecule has 5 heteroatoms. The van der Waals surface area contributed by atoms with Gasteiger partial charge in [-0.15, -0.1) is 0 Å². The largest absolute Gasteiger partial charge is 0.368 e. The van der Waals surface area contributed by atoms with Crippen molar-refractivity contribution in [3.05, 3.63) is 108 Å². The van der Waals surface area contributed by atoms with Crippen molar-refractivity contribution in [2.24, 2.45) is 11.5 Å². The molecule has 0 heterocycles. The highest BCUT2D eigenvalue weighted by Gasteiger charge is 2.38. The second kappa shape index (κ2) is 12.0. The average Bonchev–Trinajstić information content (AvgIpc) is 2.85. The van der Waals surface area contributed by atoms with Crippen LogP contribution < -0.4 is 11.5 Å². The van der Waals surface area contributed by atoms with Gasteiger partial charge in [0.15, 0.2) is 0 Å². The van der Waals surface area contributed by atoms with E-state index in [4.69, 9.17) is 11.5 Å². The molecule has 3 aromatic rings. The fourth-order valence-corrected chi connectivity index (χ4v) is 4.44. The van der Waals surface area contributed by atoms with Gasteiger partial charge in [-0.25, -0.2) is 0 Å². The standard InChI is InChI=1S/C28H33N3O2/c1-2-24(21-13-6-3-7-14-21)31(25(27(30)32)19-12-20-29)28(33)26(22-15-8-4-9-16-22)23-17-10-5-11-18-23/h3-11,13-18,24-26H,2,12,19-20,29H2,1H3,(H2,30,32)/t24-,25+/m0/s1. The number of carbonyl (C=O) groups excluding carboxylic acids is 2. The highest BCUT2D eigenvalue weighted by atomic mass is 16.2. The van der Waals surface area contributed by atoms with Crippen LogP contribution in [-0.4, -0.2) is 29.3 Å². The van der Waals surface area contributed by atoms with Gasteiger partial charge in [0.05, 0.1) is 12.0 Å². The number of hydrogen-bond donors (Lipinski definition) is 2. The second-order valence-electron chi connectivity index (χ2n) is 8.18. The van der Waals surface area contributed by atoms with Crippen molar-refractivity contribution in [3.8, 4) is 0 Å². The van der Waals surface area contributed by atoms with Crippen molar-refractivity contribution in [2.45, 2.75) is 44.2 Å². The lowest BCUT2D eigenvalue weighted by molar-refractivity contribution is -0.143. The quantitative estimate of drug-likeness (QED) is 0.460. The number of benzene rings is 3. The summed E-state index contributed by atoms with van der Waals surface area (Å²) in [6.07, 6.45) is 1.68. The van der Waals surface area contributed by atoms with E-state index < -0.39 is 17.9 Å². The van der Waals surface area contributed by atoms with Crippen LogP contribution in [0, 0.1) is 0 Å². The van der Waals surface area contributed by atoms with E-state index in [0.717, 1.165) is 16.7 Å². The lowest BCUT2D eigenvalue weighted by atomic mass is 9.87. The maximum Gasteiger partial charge on any atom is 0.240 e. The van der Waals surface area contributed by atoms with Crippen LogP contribution >= 0.6 is 0 Å². The average molecular weight is 444 g/mol. The monoisotopic (exact) mass is 443 g/mol. The number of nitrogens with two attached hydrogens (primary N) is 2. The molecule has 0 saturated carbocycles. The number of carbonyl (C=O) groups is 2. The Kier molecular flexibility index (Phi) is 8.79. The molecule has 0 aliphatic rings. The lowest BCUT2D eigenvalue weighted by Crippen LogP contribution is -2.51. The van der Waals surface area contributed by atoms with E-state index >= 15 is 0 Å². The molecule has 0 fully saturated rings. The first-order valence-electron chi connectivity index (χ1n) is 11.5. The highest BCUT2D eigenvalue weighted by Crippen LogP contribution is 2.34. The Balaban J connectivity index is 2.15. The van der Waals surface area contributed by atoms with Crippen molar-refractivity contribution in [3.63, 3.8) is 0 Å². The summed E-state index contributed by atoms with van der Waals surface area (Å²) < 4.78 is 0. The van der Waals surface area contributed by atoms with E-state index in [1.54, 1.807) is 4.90 Å². The van der Waals surface area contributed by atoms with Crippen molar-refractivity contribution in [1.82, 2.24) is 4.90 Å². The van der Waals surface area contributed by atoms with E-state index in [-0.39, 0.29) is 11.9 Å². The third-order valence-corrected chi connectivity index (χ3v) is 6.02. The Hall–Kier alpha value is -3.44. The lowest BCUT2D eigenvalue weighted by Gasteiger charge is -2.39. The zero-order valence-electron chi connectivity index (χ0n) is 19.1. The minimum absolute atomic E-state index is 0.135. The van der Waals surface area contributed by atoms with Gasteiger partial charge in [-0.1, -0.05) is 97.9 Å². The van der Waals surface area contributed by atoms with Crippen molar-refractivity contribution in [1.29, 1.82) is 0 Å². The summed E-state index contributed by atoms with van der Waals surface area (Å²) in [5.74, 6) is -1.19. The fourth-order valence-electron chi connectivity index (χ4n) is 4.44. The van der Waals surface area contributed by atoms with Gasteiger partial charge in [0.2, 0.25) is 11.8 Å². The number of rotatable bonds is 11. The van der Waals surface area contributed by atoms with E-state index in [0.29, 0.717) is 25.8 Å². The molecule has 0 spiro atoms. The molecule has 2 atom stereocenters. The first-order chi connectivity index (χ1) is 16.1. The molecule has 33 heavy (non-hydrogen) atoms. The Bertz CT molecular complexity index is 970. The smallest absolute Gasteiger partial charge is 0.240 e. The van der Waals surface area contributed by atoms with Crippen LogP contribution in [0.5, 0.6) is 0 Å². The number of hydrogen-bond acceptors (Lipinski definition) is 3. The molecule has 0 saturated heterocycles. The van der Waals surface area contributed by atoms with Crippen LogP contribution in [0.1, 0.15) is 54.8 Å². The van der Waals surface area contributed by atoms with Crippen molar-refractivity contribution >= 4 is 11.8 Å². The molecule has 0 unspecified atom stereocenters. The van der Waals surface area contributed by atoms with Crippen LogP contribution in [0.3, 0.4) is 0 Å². The molecule has 0 aliphatic heterocycles. The molecular weight excluding hydrogens is 410 g/mol. The van der Waals surface area contributed by atoms with Gasteiger partial charge in [0.25, 0.3) is 0 Å². The third kappa shape index (κ3) is 5.88. The predicted molar refractivity (Wildman–Crippen MR) is 132 cm³/mol. The van der Waals surface area contributed by atoms with Gasteiger partial charge in [-0.05, 0) is 42.5 Å². The Morgan fingerprint density at radius 3 is 1.64 bits per heavy atom. The molecule has 172 valence electrons. The van der Waals surface area contributed by atoms with E-state index in [1.807, 2.05) is 97.9 Å². The molecule has 0 aromatic heterocycles. The van der Waals surface area contributed by atoms with Gasteiger partial charge in [-0.3, -0.25) is 9.59 Å². The predicted octanol–water partition coefficient (Wildman–Crippen LogP) is 4.39. The summed E-state index contributed by atoms with van der Waals surface area (Å²) in [4.78, 5) is 28.8. The second-order valence-corrected chi connectivity index (χ2v) is 8.18. The van der Waals surface area contributed by atoms with Gasteiger partial charge in [-0.2, -0.15) is 0 Å². The summed E-state index contributed by atoms with van der Waals surface area (Å²) in [5.41, 5.74) is 14.4. The molecule has 3 rings (SSSR count). The van der Waals surface area contributed by atoms with Crippen LogP contribution in [0.2, 0.25) is 0 Å². The maximum atomic E-state index is 14.4. The van der Waals surface area contributed by atoms with Crippen LogP contribution in [0.4, 0.5) is 0 Å². The number of nitrogens with zero attached hydrogens (tertiary/aromatic N) is 1. The zero-order chi connectivity index (χ0) is 23.6. The summed E-state index contributed by atoms with van der Waals surface area (Å²) in [6.45, 7) is 2.45. The molecule has 4 N–H and O–H groups in total. The Morgan fingerprint density at radius 2 is 1.24 bits per heavy atom. The molecule has 2 amide bonds. The van der Waals surface area contributed by atoms with E-state index in [2.05, 4.69) is 0 Å². The molecule has 5 nitrogen and oxygen atoms in total.